The van der Waals surface area contributed by atoms with Gasteiger partial charge in [0.25, 0.3) is 0 Å². The minimum absolute atomic E-state index is 0.203. The van der Waals surface area contributed by atoms with E-state index in [1.807, 2.05) is 6.07 Å². The van der Waals surface area contributed by atoms with E-state index < -0.39 is 10.0 Å². The zero-order valence-corrected chi connectivity index (χ0v) is 14.1. The third-order valence-corrected chi connectivity index (χ3v) is 6.40. The minimum Gasteiger partial charge on any atom is -0.486 e. The van der Waals surface area contributed by atoms with Crippen LogP contribution in [0.5, 0.6) is 11.5 Å². The molecule has 0 aliphatic carbocycles. The third kappa shape index (κ3) is 3.39. The summed E-state index contributed by atoms with van der Waals surface area (Å²) in [4.78, 5) is 0. The van der Waals surface area contributed by atoms with Gasteiger partial charge in [0.1, 0.15) is 17.4 Å². The van der Waals surface area contributed by atoms with Gasteiger partial charge >= 0.3 is 0 Å². The maximum Gasteiger partial charge on any atom is 0.250 e. The smallest absolute Gasteiger partial charge is 0.250 e. The number of hydrogen-bond donors (Lipinski definition) is 1. The normalized spacial score (nSPS) is 14.1. The molecule has 5 nitrogen and oxygen atoms in total. The van der Waals surface area contributed by atoms with Crippen molar-refractivity contribution >= 4 is 37.3 Å². The van der Waals surface area contributed by atoms with Crippen molar-refractivity contribution < 1.29 is 17.9 Å². The van der Waals surface area contributed by atoms with E-state index in [1.165, 1.54) is 11.3 Å². The molecular formula is C13H12BrNO4S2. The first-order valence-electron chi connectivity index (χ1n) is 6.18. The van der Waals surface area contributed by atoms with Gasteiger partial charge in [-0.15, -0.1) is 11.3 Å². The Hall–Kier alpha value is -1.09. The first-order valence-corrected chi connectivity index (χ1v) is 9.27. The Balaban J connectivity index is 1.73. The molecule has 2 heterocycles. The molecule has 3 rings (SSSR count). The maximum atomic E-state index is 12.1. The lowest BCUT2D eigenvalue weighted by Crippen LogP contribution is -2.22. The van der Waals surface area contributed by atoms with Crippen LogP contribution >= 0.6 is 27.3 Å². The molecule has 0 bridgehead atoms. The Bertz CT molecular complexity index is 757. The molecule has 0 saturated heterocycles. The number of hydrogen-bond acceptors (Lipinski definition) is 5. The molecule has 2 aromatic rings. The van der Waals surface area contributed by atoms with Gasteiger partial charge in [0.15, 0.2) is 11.5 Å². The van der Waals surface area contributed by atoms with Gasteiger partial charge in [-0.3, -0.25) is 0 Å². The average Bonchev–Trinajstić information content (AvgIpc) is 2.92. The van der Waals surface area contributed by atoms with Crippen molar-refractivity contribution in [1.82, 2.24) is 4.72 Å². The highest BCUT2D eigenvalue weighted by molar-refractivity contribution is 9.11. The van der Waals surface area contributed by atoms with Crippen molar-refractivity contribution in [3.05, 3.63) is 39.7 Å². The van der Waals surface area contributed by atoms with Crippen LogP contribution in [0, 0.1) is 0 Å². The van der Waals surface area contributed by atoms with Gasteiger partial charge in [-0.25, -0.2) is 13.1 Å². The Labute approximate surface area is 135 Å². The van der Waals surface area contributed by atoms with Crippen LogP contribution in [0.25, 0.3) is 0 Å². The van der Waals surface area contributed by atoms with E-state index in [0.717, 1.165) is 9.35 Å². The fourth-order valence-corrected chi connectivity index (χ4v) is 4.96. The molecule has 1 aliphatic heterocycles. The SMILES string of the molecule is O=S(=O)(NCc1ccc2c(c1)OCCO2)c1ccc(Br)s1. The Morgan fingerprint density at radius 1 is 1.14 bits per heavy atom. The Morgan fingerprint density at radius 2 is 1.90 bits per heavy atom. The number of halogens is 1. The number of sulfonamides is 1. The third-order valence-electron chi connectivity index (χ3n) is 2.89. The molecule has 0 saturated carbocycles. The van der Waals surface area contributed by atoms with Crippen molar-refractivity contribution in [3.8, 4) is 11.5 Å². The second kappa shape index (κ2) is 5.96. The van der Waals surface area contributed by atoms with Crippen molar-refractivity contribution in [3.63, 3.8) is 0 Å². The first-order chi connectivity index (χ1) is 10.0. The number of nitrogens with one attached hydrogen (secondary N) is 1. The highest BCUT2D eigenvalue weighted by Crippen LogP contribution is 2.31. The lowest BCUT2D eigenvalue weighted by Gasteiger charge is -2.18. The van der Waals surface area contributed by atoms with E-state index in [0.29, 0.717) is 24.7 Å². The molecule has 8 heteroatoms. The molecule has 1 N–H and O–H groups in total. The lowest BCUT2D eigenvalue weighted by atomic mass is 10.2. The largest absolute Gasteiger partial charge is 0.486 e. The van der Waals surface area contributed by atoms with Gasteiger partial charge in [0, 0.05) is 6.54 Å². The summed E-state index contributed by atoms with van der Waals surface area (Å²) in [5.41, 5.74) is 0.818. The van der Waals surface area contributed by atoms with Gasteiger partial charge in [0.05, 0.1) is 3.79 Å². The second-order valence-corrected chi connectivity index (χ2v) is 8.82. The first kappa shape index (κ1) is 14.8. The van der Waals surface area contributed by atoms with E-state index in [-0.39, 0.29) is 10.8 Å². The second-order valence-electron chi connectivity index (χ2n) is 4.36. The molecule has 0 atom stereocenters. The molecule has 0 fully saturated rings. The van der Waals surface area contributed by atoms with E-state index in [9.17, 15) is 8.42 Å². The average molecular weight is 390 g/mol. The summed E-state index contributed by atoms with van der Waals surface area (Å²) in [5, 5.41) is 0. The van der Waals surface area contributed by atoms with Crippen molar-refractivity contribution in [1.29, 1.82) is 0 Å². The zero-order valence-electron chi connectivity index (χ0n) is 10.8. The molecule has 0 spiro atoms. The summed E-state index contributed by atoms with van der Waals surface area (Å²) in [6.45, 7) is 1.24. The number of fused-ring (bicyclic) bond motifs is 1. The Morgan fingerprint density at radius 3 is 2.62 bits per heavy atom. The molecule has 0 unspecified atom stereocenters. The van der Waals surface area contributed by atoms with E-state index in [4.69, 9.17) is 9.47 Å². The predicted octanol–water partition coefficient (Wildman–Crippen LogP) is 2.76. The monoisotopic (exact) mass is 389 g/mol. The summed E-state index contributed by atoms with van der Waals surface area (Å²) in [6.07, 6.45) is 0. The molecule has 1 aromatic carbocycles. The standard InChI is InChI=1S/C13H12BrNO4S2/c14-12-3-4-13(20-12)21(16,17)15-8-9-1-2-10-11(7-9)19-6-5-18-10/h1-4,7,15H,5-6,8H2. The zero-order chi connectivity index (χ0) is 14.9. The molecule has 112 valence electrons. The highest BCUT2D eigenvalue weighted by atomic mass is 79.9. The molecule has 0 amide bonds. The van der Waals surface area contributed by atoms with Gasteiger partial charge < -0.3 is 9.47 Å². The van der Waals surface area contributed by atoms with Crippen LogP contribution in [0.4, 0.5) is 0 Å². The highest BCUT2D eigenvalue weighted by Gasteiger charge is 2.17. The summed E-state index contributed by atoms with van der Waals surface area (Å²) in [7, 11) is -3.49. The molecule has 1 aromatic heterocycles. The number of thiophene rings is 1. The van der Waals surface area contributed by atoms with Crippen LogP contribution in [0.1, 0.15) is 5.56 Å². The predicted molar refractivity (Wildman–Crippen MR) is 83.5 cm³/mol. The van der Waals surface area contributed by atoms with Crippen LogP contribution < -0.4 is 14.2 Å². The quantitative estimate of drug-likeness (QED) is 0.872. The van der Waals surface area contributed by atoms with Gasteiger partial charge in [0.2, 0.25) is 10.0 Å². The molecule has 0 radical (unpaired) electrons. The molecule has 21 heavy (non-hydrogen) atoms. The van der Waals surface area contributed by atoms with Gasteiger partial charge in [-0.1, -0.05) is 6.07 Å². The van der Waals surface area contributed by atoms with Crippen molar-refractivity contribution in [2.75, 3.05) is 13.2 Å². The maximum absolute atomic E-state index is 12.1. The van der Waals surface area contributed by atoms with Crippen LogP contribution in [0.2, 0.25) is 0 Å². The lowest BCUT2D eigenvalue weighted by molar-refractivity contribution is 0.171. The van der Waals surface area contributed by atoms with Crippen LogP contribution in [0.3, 0.4) is 0 Å². The van der Waals surface area contributed by atoms with E-state index in [2.05, 4.69) is 20.7 Å². The van der Waals surface area contributed by atoms with Crippen molar-refractivity contribution in [2.45, 2.75) is 10.8 Å². The summed E-state index contributed by atoms with van der Waals surface area (Å²) < 4.78 is 38.8. The summed E-state index contributed by atoms with van der Waals surface area (Å²) in [5.74, 6) is 1.34. The summed E-state index contributed by atoms with van der Waals surface area (Å²) >= 11 is 4.43. The van der Waals surface area contributed by atoms with Crippen LogP contribution in [-0.2, 0) is 16.6 Å². The van der Waals surface area contributed by atoms with Crippen molar-refractivity contribution in [2.24, 2.45) is 0 Å². The van der Waals surface area contributed by atoms with E-state index >= 15 is 0 Å². The number of benzene rings is 1. The van der Waals surface area contributed by atoms with E-state index in [1.54, 1.807) is 24.3 Å². The molecule has 1 aliphatic rings. The topological polar surface area (TPSA) is 64.6 Å². The Kier molecular flexibility index (Phi) is 4.21. The van der Waals surface area contributed by atoms with Gasteiger partial charge in [-0.05, 0) is 45.8 Å². The minimum atomic E-state index is -3.49. The summed E-state index contributed by atoms with van der Waals surface area (Å²) in [6, 6.07) is 8.69. The molecular weight excluding hydrogens is 378 g/mol. The fourth-order valence-electron chi connectivity index (χ4n) is 1.89. The van der Waals surface area contributed by atoms with Crippen LogP contribution in [0.15, 0.2) is 38.3 Å². The van der Waals surface area contributed by atoms with Gasteiger partial charge in [-0.2, -0.15) is 0 Å². The number of ether oxygens (including phenoxy) is 2. The fraction of sp³-hybridized carbons (Fsp3) is 0.231. The van der Waals surface area contributed by atoms with Crippen LogP contribution in [-0.4, -0.2) is 21.6 Å². The number of rotatable bonds is 4.